The lowest BCUT2D eigenvalue weighted by Gasteiger charge is -2.05. The van der Waals surface area contributed by atoms with E-state index >= 15 is 0 Å². The highest BCUT2D eigenvalue weighted by Gasteiger charge is 2.08. The predicted molar refractivity (Wildman–Crippen MR) is 75.6 cm³/mol. The Balaban J connectivity index is 2.35. The minimum Gasteiger partial charge on any atom is -0.382 e. The Hall–Kier alpha value is -1.95. The molecule has 19 heavy (non-hydrogen) atoms. The molecule has 0 atom stereocenters. The molecule has 0 aromatic carbocycles. The minimum atomic E-state index is -0.0549. The first-order chi connectivity index (χ1) is 8.94. The van der Waals surface area contributed by atoms with E-state index in [9.17, 15) is 0 Å². The van der Waals surface area contributed by atoms with Gasteiger partial charge in [-0.15, -0.1) is 0 Å². The van der Waals surface area contributed by atoms with Crippen LogP contribution < -0.4 is 5.73 Å². The summed E-state index contributed by atoms with van der Waals surface area (Å²) in [5.41, 5.74) is 8.80. The predicted octanol–water partition coefficient (Wildman–Crippen LogP) is 2.23. The molecule has 2 heterocycles. The standard InChI is InChI=1S/C13H15N5S/c1-7-4-8(2)16-11(5-7)19-13-17-9(3)6-10(18-13)12(14)15/h4-6H,1-3H3,(H3,14,15). The normalized spacial score (nSPS) is 10.5. The summed E-state index contributed by atoms with van der Waals surface area (Å²) >= 11 is 1.38. The van der Waals surface area contributed by atoms with Crippen molar-refractivity contribution < 1.29 is 0 Å². The van der Waals surface area contributed by atoms with E-state index in [1.165, 1.54) is 11.8 Å². The molecule has 0 unspecified atom stereocenters. The topological polar surface area (TPSA) is 88.5 Å². The van der Waals surface area contributed by atoms with Crippen LogP contribution in [-0.4, -0.2) is 20.8 Å². The Kier molecular flexibility index (Phi) is 3.80. The lowest BCUT2D eigenvalue weighted by Crippen LogP contribution is -2.14. The number of aryl methyl sites for hydroxylation is 3. The first-order valence-corrected chi connectivity index (χ1v) is 6.59. The van der Waals surface area contributed by atoms with Crippen LogP contribution in [0.25, 0.3) is 0 Å². The lowest BCUT2D eigenvalue weighted by molar-refractivity contribution is 0.915. The maximum atomic E-state index is 7.44. The third kappa shape index (κ3) is 3.51. The second kappa shape index (κ2) is 5.36. The number of nitrogens with zero attached hydrogens (tertiary/aromatic N) is 3. The molecular weight excluding hydrogens is 258 g/mol. The van der Waals surface area contributed by atoms with Gasteiger partial charge in [-0.2, -0.15) is 0 Å². The SMILES string of the molecule is Cc1cc(C)nc(Sc2nc(C)cc(C(=N)N)n2)c1. The van der Waals surface area contributed by atoms with Crippen LogP contribution in [0, 0.1) is 26.2 Å². The monoisotopic (exact) mass is 273 g/mol. The summed E-state index contributed by atoms with van der Waals surface area (Å²) in [4.78, 5) is 13.0. The summed E-state index contributed by atoms with van der Waals surface area (Å²) in [7, 11) is 0. The van der Waals surface area contributed by atoms with Gasteiger partial charge in [-0.05, 0) is 56.3 Å². The fourth-order valence-corrected chi connectivity index (χ4v) is 2.63. The van der Waals surface area contributed by atoms with Gasteiger partial charge in [-0.1, -0.05) is 0 Å². The van der Waals surface area contributed by atoms with Gasteiger partial charge in [0.2, 0.25) is 0 Å². The van der Waals surface area contributed by atoms with Crippen LogP contribution in [0.4, 0.5) is 0 Å². The number of pyridine rings is 1. The third-order valence-electron chi connectivity index (χ3n) is 2.38. The molecule has 0 spiro atoms. The Labute approximate surface area is 116 Å². The van der Waals surface area contributed by atoms with Crippen molar-refractivity contribution in [2.45, 2.75) is 31.0 Å². The Bertz CT molecular complexity index is 619. The quantitative estimate of drug-likeness (QED) is 0.508. The second-order valence-electron chi connectivity index (χ2n) is 4.32. The minimum absolute atomic E-state index is 0.0549. The molecule has 2 aromatic rings. The van der Waals surface area contributed by atoms with E-state index in [-0.39, 0.29) is 5.84 Å². The fourth-order valence-electron chi connectivity index (χ4n) is 1.68. The van der Waals surface area contributed by atoms with Crippen molar-refractivity contribution in [1.82, 2.24) is 15.0 Å². The van der Waals surface area contributed by atoms with Crippen molar-refractivity contribution in [2.75, 3.05) is 0 Å². The van der Waals surface area contributed by atoms with Gasteiger partial charge in [0, 0.05) is 11.4 Å². The third-order valence-corrected chi connectivity index (χ3v) is 3.16. The van der Waals surface area contributed by atoms with E-state index in [1.807, 2.05) is 32.9 Å². The number of hydrogen-bond donors (Lipinski definition) is 2. The van der Waals surface area contributed by atoms with Gasteiger partial charge in [0.05, 0.1) is 0 Å². The van der Waals surface area contributed by atoms with E-state index in [0.29, 0.717) is 10.9 Å². The maximum absolute atomic E-state index is 7.44. The molecule has 0 amide bonds. The van der Waals surface area contributed by atoms with Crippen LogP contribution in [0.15, 0.2) is 28.4 Å². The number of nitrogens with two attached hydrogens (primary N) is 1. The number of hydrogen-bond acceptors (Lipinski definition) is 5. The summed E-state index contributed by atoms with van der Waals surface area (Å²) in [5.74, 6) is -0.0549. The van der Waals surface area contributed by atoms with Gasteiger partial charge < -0.3 is 5.73 Å². The summed E-state index contributed by atoms with van der Waals surface area (Å²) in [6.45, 7) is 5.83. The molecule has 0 fully saturated rings. The molecule has 3 N–H and O–H groups in total. The van der Waals surface area contributed by atoms with Gasteiger partial charge in [0.25, 0.3) is 0 Å². The molecule has 0 saturated heterocycles. The zero-order valence-corrected chi connectivity index (χ0v) is 11.9. The van der Waals surface area contributed by atoms with Crippen LogP contribution in [0.3, 0.4) is 0 Å². The number of rotatable bonds is 3. The summed E-state index contributed by atoms with van der Waals surface area (Å²) in [6, 6.07) is 5.69. The molecule has 6 heteroatoms. The van der Waals surface area contributed by atoms with Crippen molar-refractivity contribution >= 4 is 17.6 Å². The Morgan fingerprint density at radius 2 is 1.74 bits per heavy atom. The highest BCUT2D eigenvalue weighted by atomic mass is 32.2. The van der Waals surface area contributed by atoms with E-state index in [2.05, 4.69) is 15.0 Å². The molecule has 0 bridgehead atoms. The van der Waals surface area contributed by atoms with E-state index in [0.717, 1.165) is 22.0 Å². The van der Waals surface area contributed by atoms with Crippen LogP contribution in [-0.2, 0) is 0 Å². The average molecular weight is 273 g/mol. The van der Waals surface area contributed by atoms with E-state index in [4.69, 9.17) is 11.1 Å². The van der Waals surface area contributed by atoms with Crippen LogP contribution in [0.5, 0.6) is 0 Å². The molecule has 98 valence electrons. The Morgan fingerprint density at radius 3 is 2.37 bits per heavy atom. The average Bonchev–Trinajstić information content (AvgIpc) is 2.26. The van der Waals surface area contributed by atoms with Crippen LogP contribution in [0.1, 0.15) is 22.6 Å². The highest BCUT2D eigenvalue weighted by molar-refractivity contribution is 7.99. The van der Waals surface area contributed by atoms with Crippen molar-refractivity contribution in [3.63, 3.8) is 0 Å². The lowest BCUT2D eigenvalue weighted by atomic mass is 10.3. The summed E-state index contributed by atoms with van der Waals surface area (Å²) in [5, 5.41) is 8.84. The van der Waals surface area contributed by atoms with Crippen molar-refractivity contribution in [1.29, 1.82) is 5.41 Å². The molecule has 5 nitrogen and oxygen atoms in total. The molecule has 2 aromatic heterocycles. The number of aromatic nitrogens is 3. The summed E-state index contributed by atoms with van der Waals surface area (Å²) < 4.78 is 0. The zero-order valence-electron chi connectivity index (χ0n) is 11.1. The highest BCUT2D eigenvalue weighted by Crippen LogP contribution is 2.24. The first-order valence-electron chi connectivity index (χ1n) is 5.77. The summed E-state index contributed by atoms with van der Waals surface area (Å²) in [6.07, 6.45) is 0. The molecule has 2 rings (SSSR count). The number of nitrogen functional groups attached to an aromatic ring is 1. The molecule has 0 saturated carbocycles. The van der Waals surface area contributed by atoms with Crippen LogP contribution >= 0.6 is 11.8 Å². The smallest absolute Gasteiger partial charge is 0.194 e. The van der Waals surface area contributed by atoms with Crippen molar-refractivity contribution in [3.8, 4) is 0 Å². The van der Waals surface area contributed by atoms with Gasteiger partial charge in [-0.3, -0.25) is 5.41 Å². The van der Waals surface area contributed by atoms with Crippen LogP contribution in [0.2, 0.25) is 0 Å². The van der Waals surface area contributed by atoms with Crippen molar-refractivity contribution in [3.05, 3.63) is 40.8 Å². The number of amidine groups is 1. The maximum Gasteiger partial charge on any atom is 0.194 e. The van der Waals surface area contributed by atoms with Gasteiger partial charge in [0.15, 0.2) is 5.16 Å². The largest absolute Gasteiger partial charge is 0.382 e. The van der Waals surface area contributed by atoms with Gasteiger partial charge >= 0.3 is 0 Å². The fraction of sp³-hybridized carbons (Fsp3) is 0.231. The zero-order chi connectivity index (χ0) is 14.0. The molecule has 0 aliphatic heterocycles. The van der Waals surface area contributed by atoms with Gasteiger partial charge in [-0.25, -0.2) is 15.0 Å². The van der Waals surface area contributed by atoms with E-state index in [1.54, 1.807) is 6.07 Å². The molecule has 0 radical (unpaired) electrons. The molecule has 0 aliphatic rings. The molecular formula is C13H15N5S. The number of nitrogens with one attached hydrogen (secondary N) is 1. The Morgan fingerprint density at radius 1 is 1.05 bits per heavy atom. The second-order valence-corrected chi connectivity index (χ2v) is 5.30. The molecule has 0 aliphatic carbocycles. The van der Waals surface area contributed by atoms with E-state index < -0.39 is 0 Å². The van der Waals surface area contributed by atoms with Crippen molar-refractivity contribution in [2.24, 2.45) is 5.73 Å². The van der Waals surface area contributed by atoms with Gasteiger partial charge in [0.1, 0.15) is 16.6 Å². The first kappa shape index (κ1) is 13.5.